The van der Waals surface area contributed by atoms with Crippen LogP contribution in [0.15, 0.2) is 36.4 Å². The minimum Gasteiger partial charge on any atom is -0.413 e. The van der Waals surface area contributed by atoms with Gasteiger partial charge in [-0.15, -0.1) is 8.78 Å². The third-order valence-corrected chi connectivity index (χ3v) is 3.26. The van der Waals surface area contributed by atoms with Crippen LogP contribution in [0.1, 0.15) is 15.9 Å². The van der Waals surface area contributed by atoms with Crippen molar-refractivity contribution in [1.82, 2.24) is 0 Å². The molecule has 3 nitrogen and oxygen atoms in total. The normalized spacial score (nSPS) is 15.5. The fourth-order valence-corrected chi connectivity index (χ4v) is 2.33. The maximum Gasteiger partial charge on any atom is 0.494 e. The molecule has 0 saturated carbocycles. The van der Waals surface area contributed by atoms with Gasteiger partial charge in [-0.1, -0.05) is 12.1 Å². The summed E-state index contributed by atoms with van der Waals surface area (Å²) in [5.41, 5.74) is -1.33. The van der Waals surface area contributed by atoms with Gasteiger partial charge in [0, 0.05) is 11.1 Å². The average Bonchev–Trinajstić information content (AvgIpc) is 2.79. The van der Waals surface area contributed by atoms with Crippen LogP contribution in [0.25, 0.3) is 11.1 Å². The van der Waals surface area contributed by atoms with Crippen LogP contribution in [0.4, 0.5) is 27.6 Å². The van der Waals surface area contributed by atoms with E-state index in [9.17, 15) is 26.7 Å². The van der Waals surface area contributed by atoms with Gasteiger partial charge in [-0.25, -0.2) is 0 Å². The van der Waals surface area contributed by atoms with Crippen molar-refractivity contribution in [3.05, 3.63) is 47.5 Å². The minimum absolute atomic E-state index is 0.0208. The van der Waals surface area contributed by atoms with Crippen LogP contribution in [0.2, 0.25) is 0 Å². The highest BCUT2D eigenvalue weighted by molar-refractivity contribution is 5.87. The molecule has 0 radical (unpaired) electrons. The van der Waals surface area contributed by atoms with Gasteiger partial charge in [-0.3, -0.25) is 10.1 Å². The fraction of sp³-hybridized carbons (Fsp3) is 0.133. The summed E-state index contributed by atoms with van der Waals surface area (Å²) >= 11 is 0. The Hall–Kier alpha value is -2.64. The lowest BCUT2D eigenvalue weighted by molar-refractivity contribution is -0.138. The number of benzene rings is 2. The maximum atomic E-state index is 13.3. The van der Waals surface area contributed by atoms with Gasteiger partial charge in [0.2, 0.25) is 0 Å². The highest BCUT2D eigenvalue weighted by Crippen LogP contribution is 2.45. The van der Waals surface area contributed by atoms with Crippen LogP contribution < -0.4 is 10.1 Å². The smallest absolute Gasteiger partial charge is 0.413 e. The highest BCUT2D eigenvalue weighted by atomic mass is 19.4. The second-order valence-electron chi connectivity index (χ2n) is 4.88. The maximum absolute atomic E-state index is 13.3. The molecule has 3 rings (SSSR count). The number of fused-ring (bicyclic) bond motifs is 1. The Kier molecular flexibility index (Phi) is 3.28. The number of carbonyl (C=O) groups is 1. The first kappa shape index (κ1) is 15.3. The predicted molar refractivity (Wildman–Crippen MR) is 71.5 cm³/mol. The summed E-state index contributed by atoms with van der Waals surface area (Å²) in [7, 11) is 0. The van der Waals surface area contributed by atoms with Gasteiger partial charge in [0.05, 0.1) is 11.3 Å². The number of aldehydes is 1. The van der Waals surface area contributed by atoms with Crippen molar-refractivity contribution >= 4 is 12.0 Å². The Morgan fingerprint density at radius 2 is 1.87 bits per heavy atom. The molecular formula is C15H8F5NO2. The largest absolute Gasteiger partial charge is 0.494 e. The lowest BCUT2D eigenvalue weighted by Gasteiger charge is -2.12. The fourth-order valence-electron chi connectivity index (χ4n) is 2.33. The molecular weight excluding hydrogens is 321 g/mol. The molecule has 0 aromatic heterocycles. The first-order valence-electron chi connectivity index (χ1n) is 6.35. The Morgan fingerprint density at radius 1 is 1.13 bits per heavy atom. The molecule has 23 heavy (non-hydrogen) atoms. The van der Waals surface area contributed by atoms with Gasteiger partial charge >= 0.3 is 12.4 Å². The van der Waals surface area contributed by atoms with E-state index >= 15 is 0 Å². The van der Waals surface area contributed by atoms with E-state index < -0.39 is 18.0 Å². The second-order valence-corrected chi connectivity index (χ2v) is 4.88. The standard InChI is InChI=1S/C15H8F5NO2/c16-14(17,18)10-5-8(7-22)4-9(6-10)11-2-1-3-12-13(11)21-15(19,20)23-12/h1-7,21H. The number of hydrogen-bond acceptors (Lipinski definition) is 3. The van der Waals surface area contributed by atoms with Crippen LogP contribution in [0.5, 0.6) is 5.75 Å². The molecule has 0 bridgehead atoms. The van der Waals surface area contributed by atoms with Crippen molar-refractivity contribution in [1.29, 1.82) is 0 Å². The molecule has 1 N–H and O–H groups in total. The van der Waals surface area contributed by atoms with E-state index in [0.29, 0.717) is 6.07 Å². The number of para-hydroxylation sites is 1. The van der Waals surface area contributed by atoms with Crippen molar-refractivity contribution in [3.63, 3.8) is 0 Å². The number of nitrogens with one attached hydrogen (secondary N) is 1. The number of ether oxygens (including phenoxy) is 1. The van der Waals surface area contributed by atoms with E-state index in [1.807, 2.05) is 5.32 Å². The van der Waals surface area contributed by atoms with E-state index in [0.717, 1.165) is 6.07 Å². The molecule has 8 heteroatoms. The van der Waals surface area contributed by atoms with Crippen molar-refractivity contribution in [2.75, 3.05) is 5.32 Å². The Labute approximate surface area is 126 Å². The number of hydrogen-bond donors (Lipinski definition) is 1. The monoisotopic (exact) mass is 329 g/mol. The van der Waals surface area contributed by atoms with Gasteiger partial charge in [0.25, 0.3) is 0 Å². The van der Waals surface area contributed by atoms with Crippen LogP contribution >= 0.6 is 0 Å². The van der Waals surface area contributed by atoms with Gasteiger partial charge in [-0.2, -0.15) is 13.2 Å². The van der Waals surface area contributed by atoms with E-state index in [4.69, 9.17) is 0 Å². The molecule has 0 aliphatic carbocycles. The van der Waals surface area contributed by atoms with Crippen LogP contribution in [-0.4, -0.2) is 12.5 Å². The summed E-state index contributed by atoms with van der Waals surface area (Å²) in [6.07, 6.45) is -8.05. The van der Waals surface area contributed by atoms with Crippen LogP contribution in [0.3, 0.4) is 0 Å². The number of rotatable bonds is 2. The summed E-state index contributed by atoms with van der Waals surface area (Å²) in [5.74, 6) is -0.183. The van der Waals surface area contributed by atoms with Gasteiger partial charge in [-0.05, 0) is 29.8 Å². The lowest BCUT2D eigenvalue weighted by atomic mass is 9.98. The summed E-state index contributed by atoms with van der Waals surface area (Å²) < 4.78 is 69.7. The molecule has 1 heterocycles. The van der Waals surface area contributed by atoms with Gasteiger partial charge in [0.15, 0.2) is 5.75 Å². The molecule has 2 aromatic rings. The Balaban J connectivity index is 2.18. The Bertz CT molecular complexity index is 786. The first-order valence-corrected chi connectivity index (χ1v) is 6.35. The van der Waals surface area contributed by atoms with E-state index in [1.54, 1.807) is 0 Å². The van der Waals surface area contributed by atoms with Crippen LogP contribution in [-0.2, 0) is 6.18 Å². The lowest BCUT2D eigenvalue weighted by Crippen LogP contribution is -2.28. The topological polar surface area (TPSA) is 38.3 Å². The van der Waals surface area contributed by atoms with Crippen molar-refractivity contribution < 1.29 is 31.5 Å². The van der Waals surface area contributed by atoms with Crippen molar-refractivity contribution in [3.8, 4) is 16.9 Å². The van der Waals surface area contributed by atoms with Crippen LogP contribution in [0, 0.1) is 0 Å². The summed E-state index contributed by atoms with van der Waals surface area (Å²) in [6.45, 7) is 0. The summed E-state index contributed by atoms with van der Waals surface area (Å²) in [5, 5.41) is 1.81. The quantitative estimate of drug-likeness (QED) is 0.499. The molecule has 0 saturated heterocycles. The molecule has 0 unspecified atom stereocenters. The molecule has 0 fully saturated rings. The molecule has 1 aliphatic heterocycles. The van der Waals surface area contributed by atoms with Gasteiger partial charge < -0.3 is 4.74 Å². The SMILES string of the molecule is O=Cc1cc(-c2cccc3c2NC(F)(F)O3)cc(C(F)(F)F)c1. The number of carbonyl (C=O) groups excluding carboxylic acids is 1. The van der Waals surface area contributed by atoms with E-state index in [2.05, 4.69) is 4.74 Å². The average molecular weight is 329 g/mol. The number of anilines is 1. The minimum atomic E-state index is -4.67. The zero-order chi connectivity index (χ0) is 16.8. The predicted octanol–water partition coefficient (Wildman–Crippen LogP) is 4.54. The number of halogens is 5. The van der Waals surface area contributed by atoms with Crippen molar-refractivity contribution in [2.45, 2.75) is 12.4 Å². The molecule has 0 amide bonds. The molecule has 0 spiro atoms. The highest BCUT2D eigenvalue weighted by Gasteiger charge is 2.41. The summed E-state index contributed by atoms with van der Waals surface area (Å²) in [4.78, 5) is 10.9. The van der Waals surface area contributed by atoms with E-state index in [1.165, 1.54) is 24.3 Å². The zero-order valence-corrected chi connectivity index (χ0v) is 11.2. The van der Waals surface area contributed by atoms with Gasteiger partial charge in [0.1, 0.15) is 6.29 Å². The van der Waals surface area contributed by atoms with Crippen molar-refractivity contribution in [2.24, 2.45) is 0 Å². The molecule has 2 aromatic carbocycles. The first-order chi connectivity index (χ1) is 10.7. The molecule has 120 valence electrons. The molecule has 0 atom stereocenters. The molecule has 1 aliphatic rings. The third kappa shape index (κ3) is 2.84. The van der Waals surface area contributed by atoms with E-state index in [-0.39, 0.29) is 34.4 Å². The zero-order valence-electron chi connectivity index (χ0n) is 11.2. The third-order valence-electron chi connectivity index (χ3n) is 3.26. The number of alkyl halides is 5. The second kappa shape index (κ2) is 4.94. The Morgan fingerprint density at radius 3 is 2.52 bits per heavy atom. The summed E-state index contributed by atoms with van der Waals surface area (Å²) in [6, 6.07) is 6.68.